The van der Waals surface area contributed by atoms with Gasteiger partial charge in [-0.1, -0.05) is 113 Å². The molecular formula is C79H130F4N12O13. The molecule has 3 aliphatic heterocycles. The second-order valence-corrected chi connectivity index (χ2v) is 34.2. The van der Waals surface area contributed by atoms with E-state index in [1.165, 1.54) is 73.8 Å². The summed E-state index contributed by atoms with van der Waals surface area (Å²) in [5.74, 6) is -11.1. The maximum absolute atomic E-state index is 15.8. The van der Waals surface area contributed by atoms with E-state index in [0.717, 1.165) is 78.9 Å². The van der Waals surface area contributed by atoms with Gasteiger partial charge < -0.3 is 64.8 Å². The summed E-state index contributed by atoms with van der Waals surface area (Å²) in [5.41, 5.74) is -1.64. The fourth-order valence-corrected chi connectivity index (χ4v) is 17.7. The van der Waals surface area contributed by atoms with Crippen LogP contribution in [0.4, 0.5) is 17.6 Å². The van der Waals surface area contributed by atoms with E-state index < -0.39 is 194 Å². The smallest absolute Gasteiger partial charge is 0.376 e. The zero-order chi connectivity index (χ0) is 79.8. The first-order chi connectivity index (χ1) is 50.9. The largest absolute Gasteiger partial charge is 0.394 e. The molecule has 0 aromatic carbocycles. The second-order valence-electron chi connectivity index (χ2n) is 34.2. The van der Waals surface area contributed by atoms with E-state index in [9.17, 15) is 37.1 Å². The SMILES string of the molecule is CC[C@H](C)[C@@H]1NC(=O)[C@H](CC(C)C)N(C)C(=O)C[C@@H](C(=O)N2CCCCC2)N(C)C(=O)[C@H](CC(C)C)N(C)C(=O)C2(CCCC2)NC(=O)[C@@H]2C[C@@H](OCC3CCCC(C)C3)CN2C(=O)[C@H](CCC2CCC(C(F)(F)F)C(F)C2)NC(=O)CN(C)C(=O)[C@H](CC2CCCCC2)N(C)C(=O)CN(C)C(=O)CN(C)C1=O. The van der Waals surface area contributed by atoms with Gasteiger partial charge in [-0.25, -0.2) is 4.39 Å². The number of hydrogen-bond donors (Lipinski definition) is 3. The lowest BCUT2D eigenvalue weighted by atomic mass is 9.78. The predicted molar refractivity (Wildman–Crippen MR) is 399 cm³/mol. The first-order valence-electron chi connectivity index (χ1n) is 40.5. The minimum absolute atomic E-state index is 0.000202. The van der Waals surface area contributed by atoms with E-state index in [0.29, 0.717) is 57.7 Å². The summed E-state index contributed by atoms with van der Waals surface area (Å²) < 4.78 is 64.3. The van der Waals surface area contributed by atoms with Gasteiger partial charge in [-0.3, -0.25) is 57.5 Å². The quantitative estimate of drug-likeness (QED) is 0.134. The highest BCUT2D eigenvalue weighted by Gasteiger charge is 2.53. The van der Waals surface area contributed by atoms with Gasteiger partial charge in [0.15, 0.2) is 0 Å². The summed E-state index contributed by atoms with van der Waals surface area (Å²) >= 11 is 0. The maximum atomic E-state index is 15.8. The second kappa shape index (κ2) is 40.0. The molecule has 0 radical (unpaired) electrons. The Morgan fingerprint density at radius 2 is 1.18 bits per heavy atom. The van der Waals surface area contributed by atoms with Crippen LogP contribution in [0.15, 0.2) is 0 Å². The highest BCUT2D eigenvalue weighted by atomic mass is 19.4. The van der Waals surface area contributed by atoms with Crippen LogP contribution in [0.3, 0.4) is 0 Å². The zero-order valence-electron chi connectivity index (χ0n) is 67.2. The Balaban J connectivity index is 1.31. The predicted octanol–water partition coefficient (Wildman–Crippen LogP) is 7.50. The van der Waals surface area contributed by atoms with Gasteiger partial charge in [-0.15, -0.1) is 0 Å². The van der Waals surface area contributed by atoms with E-state index in [-0.39, 0.29) is 88.0 Å². The van der Waals surface area contributed by atoms with Gasteiger partial charge in [0, 0.05) is 82.0 Å². The highest BCUT2D eigenvalue weighted by molar-refractivity contribution is 6.00. The van der Waals surface area contributed by atoms with E-state index in [2.05, 4.69) is 22.9 Å². The van der Waals surface area contributed by atoms with Crippen molar-refractivity contribution in [2.24, 2.45) is 47.3 Å². The summed E-state index contributed by atoms with van der Waals surface area (Å²) in [5, 5.41) is 8.84. The molecule has 25 nitrogen and oxygen atoms in total. The monoisotopic (exact) mass is 1530 g/mol. The number of amides is 12. The molecule has 612 valence electrons. The van der Waals surface area contributed by atoms with Crippen molar-refractivity contribution in [3.05, 3.63) is 0 Å². The van der Waals surface area contributed by atoms with Crippen LogP contribution in [-0.2, 0) is 62.3 Å². The van der Waals surface area contributed by atoms with Crippen LogP contribution in [0.1, 0.15) is 222 Å². The summed E-state index contributed by atoms with van der Waals surface area (Å²) in [6.45, 7) is 12.4. The Kier molecular flexibility index (Phi) is 32.8. The van der Waals surface area contributed by atoms with Crippen molar-refractivity contribution in [2.45, 2.75) is 288 Å². The Morgan fingerprint density at radius 3 is 1.79 bits per heavy atom. The molecule has 12 amide bonds. The minimum atomic E-state index is -4.77. The standard InChI is InChI=1S/C79H130F4N12O13/c1-15-52(7)69-76(106)89(10)46-67(98)87(8)47-68(99)91(12)63(41-53-26-18-16-19-27-53)73(103)88(9)45-65(96)84-59(32-30-54-29-31-57(58(80)40-54)79(81,82)83)72(102)95-44-56(108-48-55-28-24-25-51(6)39-55)42-61(95)71(101)86-78(33-20-21-34-78)77(107)93(14)62(38-50(4)5)74(104)92(13)64(75(105)94-35-22-17-23-36-94)43-66(97)90(11)60(37-49(2)3)70(100)85-69/h49-64,69H,15-48H2,1-14H3,(H,84,96)(H,85,100)(H,86,101)/t51?,52-,54?,55?,56+,57?,58?,59-,60-,61-,62-,63-,64-,69-/m0/s1. The number of piperidine rings is 1. The average molecular weight is 1530 g/mol. The maximum Gasteiger partial charge on any atom is 0.394 e. The molecule has 3 N–H and O–H groups in total. The topological polar surface area (TPSA) is 279 Å². The number of halogens is 4. The van der Waals surface area contributed by atoms with E-state index in [1.54, 1.807) is 11.8 Å². The molecule has 1 spiro atoms. The number of carbonyl (C=O) groups is 12. The molecule has 0 aromatic rings. The normalized spacial score (nSPS) is 30.7. The Labute approximate surface area is 638 Å². The highest BCUT2D eigenvalue weighted by Crippen LogP contribution is 2.43. The first-order valence-corrected chi connectivity index (χ1v) is 40.5. The van der Waals surface area contributed by atoms with Crippen molar-refractivity contribution in [2.75, 3.05) is 95.2 Å². The lowest BCUT2D eigenvalue weighted by molar-refractivity contribution is -0.201. The van der Waals surface area contributed by atoms with Crippen molar-refractivity contribution in [1.29, 1.82) is 0 Å². The van der Waals surface area contributed by atoms with Crippen LogP contribution in [0, 0.1) is 47.3 Å². The van der Waals surface area contributed by atoms with Crippen molar-refractivity contribution < 1.29 is 79.8 Å². The number of rotatable bonds is 15. The van der Waals surface area contributed by atoms with Crippen LogP contribution in [0.25, 0.3) is 0 Å². The molecule has 14 atom stereocenters. The summed E-state index contributed by atoms with van der Waals surface area (Å²) in [7, 11) is 9.91. The van der Waals surface area contributed by atoms with Crippen LogP contribution in [-0.4, -0.2) is 276 Å². The summed E-state index contributed by atoms with van der Waals surface area (Å²) in [4.78, 5) is 193. The average Bonchev–Trinajstić information content (AvgIpc) is 1.55. The molecule has 3 saturated heterocycles. The van der Waals surface area contributed by atoms with E-state index in [4.69, 9.17) is 4.74 Å². The van der Waals surface area contributed by atoms with Crippen LogP contribution in [0.5, 0.6) is 0 Å². The number of carbonyl (C=O) groups excluding carboxylic acids is 12. The number of likely N-dealkylation sites (N-methyl/N-ethyl adjacent to an activating group) is 7. The number of fused-ring (bicyclic) bond motifs is 1. The minimum Gasteiger partial charge on any atom is -0.376 e. The van der Waals surface area contributed by atoms with Crippen LogP contribution >= 0.6 is 0 Å². The molecule has 108 heavy (non-hydrogen) atoms. The number of alkyl halides is 4. The fraction of sp³-hybridized carbons (Fsp3) is 0.848. The van der Waals surface area contributed by atoms with Gasteiger partial charge in [-0.05, 0) is 138 Å². The lowest BCUT2D eigenvalue weighted by Crippen LogP contribution is -2.64. The molecule has 7 aliphatic rings. The van der Waals surface area contributed by atoms with Crippen molar-refractivity contribution in [3.63, 3.8) is 0 Å². The molecule has 4 saturated carbocycles. The first kappa shape index (κ1) is 88.5. The number of likely N-dealkylation sites (tertiary alicyclic amines) is 1. The number of nitrogens with one attached hydrogen (secondary N) is 3. The molecule has 4 aliphatic carbocycles. The molecule has 3 heterocycles. The van der Waals surface area contributed by atoms with Gasteiger partial charge >= 0.3 is 6.18 Å². The van der Waals surface area contributed by atoms with Crippen LogP contribution in [0.2, 0.25) is 0 Å². The van der Waals surface area contributed by atoms with Crippen LogP contribution < -0.4 is 16.0 Å². The Bertz CT molecular complexity index is 3110. The molecule has 5 unspecified atom stereocenters. The third kappa shape index (κ3) is 23.5. The summed E-state index contributed by atoms with van der Waals surface area (Å²) in [6, 6.07) is -9.09. The molecule has 7 fully saturated rings. The summed E-state index contributed by atoms with van der Waals surface area (Å²) in [6.07, 6.45) is 2.87. The van der Waals surface area contributed by atoms with Gasteiger partial charge in [-0.2, -0.15) is 13.2 Å². The van der Waals surface area contributed by atoms with Gasteiger partial charge in [0.05, 0.1) is 38.1 Å². The zero-order valence-corrected chi connectivity index (χ0v) is 67.2. The van der Waals surface area contributed by atoms with Gasteiger partial charge in [0.2, 0.25) is 70.9 Å². The fourth-order valence-electron chi connectivity index (χ4n) is 17.7. The number of ether oxygens (including phenoxy) is 1. The Morgan fingerprint density at radius 1 is 0.574 bits per heavy atom. The molecule has 0 aromatic heterocycles. The van der Waals surface area contributed by atoms with Gasteiger partial charge in [0.25, 0.3) is 0 Å². The Hall–Kier alpha value is -6.68. The molecule has 7 rings (SSSR count). The van der Waals surface area contributed by atoms with E-state index >= 15 is 38.0 Å². The molecule has 0 bridgehead atoms. The van der Waals surface area contributed by atoms with Crippen molar-refractivity contribution >= 4 is 70.9 Å². The molecular weight excluding hydrogens is 1400 g/mol. The van der Waals surface area contributed by atoms with Crippen molar-refractivity contribution in [1.82, 2.24) is 60.0 Å². The third-order valence-electron chi connectivity index (χ3n) is 24.8. The molecule has 29 heteroatoms. The number of hydrogen-bond acceptors (Lipinski definition) is 13. The number of nitrogens with zero attached hydrogens (tertiary/aromatic N) is 9. The van der Waals surface area contributed by atoms with Crippen molar-refractivity contribution in [3.8, 4) is 0 Å². The van der Waals surface area contributed by atoms with Gasteiger partial charge in [0.1, 0.15) is 54.0 Å². The van der Waals surface area contributed by atoms with E-state index in [1.807, 2.05) is 34.6 Å². The lowest BCUT2D eigenvalue weighted by Gasteiger charge is -2.41. The third-order valence-corrected chi connectivity index (χ3v) is 24.8.